The van der Waals surface area contributed by atoms with Crippen LogP contribution in [0.25, 0.3) is 0 Å². The van der Waals surface area contributed by atoms with Crippen molar-refractivity contribution >= 4 is 17.8 Å². The number of hydrogen-bond acceptors (Lipinski definition) is 4. The average Bonchev–Trinajstić information content (AvgIpc) is 2.38. The maximum absolute atomic E-state index is 11.8. The van der Waals surface area contributed by atoms with Crippen molar-refractivity contribution in [3.8, 4) is 0 Å². The summed E-state index contributed by atoms with van der Waals surface area (Å²) in [4.78, 5) is 37.5. The van der Waals surface area contributed by atoms with E-state index in [0.29, 0.717) is 39.3 Å². The van der Waals surface area contributed by atoms with Crippen LogP contribution in [0.4, 0.5) is 0 Å². The topological polar surface area (TPSA) is 90.0 Å². The van der Waals surface area contributed by atoms with Crippen LogP contribution in [0.3, 0.4) is 0 Å². The van der Waals surface area contributed by atoms with E-state index < -0.39 is 11.9 Å². The monoisotopic (exact) mass is 271 g/mol. The molecule has 1 aliphatic heterocycles. The van der Waals surface area contributed by atoms with E-state index in [1.54, 1.807) is 4.90 Å². The third kappa shape index (κ3) is 4.51. The lowest BCUT2D eigenvalue weighted by molar-refractivity contribution is -0.151. The van der Waals surface area contributed by atoms with E-state index in [9.17, 15) is 14.4 Å². The van der Waals surface area contributed by atoms with Gasteiger partial charge in [0.2, 0.25) is 11.8 Å². The third-order valence-corrected chi connectivity index (χ3v) is 3.17. The van der Waals surface area contributed by atoms with Crippen LogP contribution in [0, 0.1) is 5.92 Å². The largest absolute Gasteiger partial charge is 0.481 e. The van der Waals surface area contributed by atoms with Crippen molar-refractivity contribution in [2.45, 2.75) is 13.8 Å². The van der Waals surface area contributed by atoms with Gasteiger partial charge in [-0.25, -0.2) is 0 Å². The van der Waals surface area contributed by atoms with Gasteiger partial charge < -0.3 is 15.3 Å². The maximum Gasteiger partial charge on any atom is 0.315 e. The third-order valence-electron chi connectivity index (χ3n) is 3.17. The number of rotatable bonds is 5. The zero-order valence-corrected chi connectivity index (χ0v) is 11.4. The first-order chi connectivity index (χ1) is 8.95. The van der Waals surface area contributed by atoms with E-state index in [2.05, 4.69) is 5.32 Å². The summed E-state index contributed by atoms with van der Waals surface area (Å²) in [5.41, 5.74) is 0. The van der Waals surface area contributed by atoms with Crippen molar-refractivity contribution in [2.75, 3.05) is 39.3 Å². The molecule has 0 spiro atoms. The molecule has 0 saturated carbocycles. The quantitative estimate of drug-likeness (QED) is 0.625. The summed E-state index contributed by atoms with van der Waals surface area (Å²) in [6, 6.07) is 0. The van der Waals surface area contributed by atoms with Crippen molar-refractivity contribution in [1.29, 1.82) is 0 Å². The molecule has 0 aromatic heterocycles. The predicted molar refractivity (Wildman–Crippen MR) is 68.5 cm³/mol. The Balaban J connectivity index is 2.38. The van der Waals surface area contributed by atoms with Crippen molar-refractivity contribution in [2.24, 2.45) is 5.92 Å². The molecule has 0 aromatic rings. The Hall–Kier alpha value is -1.63. The van der Waals surface area contributed by atoms with Gasteiger partial charge in [-0.15, -0.1) is 0 Å². The normalized spacial score (nSPS) is 17.9. The van der Waals surface area contributed by atoms with Gasteiger partial charge in [-0.1, -0.05) is 0 Å². The number of carboxylic acids is 1. The first-order valence-electron chi connectivity index (χ1n) is 6.46. The fourth-order valence-corrected chi connectivity index (χ4v) is 1.96. The summed E-state index contributed by atoms with van der Waals surface area (Å²) in [5, 5.41) is 11.5. The summed E-state index contributed by atoms with van der Waals surface area (Å²) >= 11 is 0. The molecular weight excluding hydrogens is 250 g/mol. The number of amides is 2. The summed E-state index contributed by atoms with van der Waals surface area (Å²) in [5.74, 6) is -2.49. The highest BCUT2D eigenvalue weighted by Crippen LogP contribution is 2.07. The lowest BCUT2D eigenvalue weighted by Gasteiger charge is -2.35. The zero-order chi connectivity index (χ0) is 14.4. The molecule has 0 bridgehead atoms. The molecule has 1 atom stereocenters. The van der Waals surface area contributed by atoms with E-state index in [1.165, 1.54) is 6.92 Å². The van der Waals surface area contributed by atoms with Gasteiger partial charge in [0, 0.05) is 32.7 Å². The fraction of sp³-hybridized carbons (Fsp3) is 0.750. The van der Waals surface area contributed by atoms with Gasteiger partial charge in [0.05, 0.1) is 6.54 Å². The number of carboxylic acid groups (broad SMARTS) is 1. The molecule has 2 N–H and O–H groups in total. The first kappa shape index (κ1) is 15.4. The highest BCUT2D eigenvalue weighted by atomic mass is 16.4. The molecule has 1 unspecified atom stereocenters. The van der Waals surface area contributed by atoms with Crippen LogP contribution >= 0.6 is 0 Å². The Kier molecular flexibility index (Phi) is 5.75. The summed E-state index contributed by atoms with van der Waals surface area (Å²) in [7, 11) is 0. The second kappa shape index (κ2) is 7.08. The van der Waals surface area contributed by atoms with E-state index in [4.69, 9.17) is 5.11 Å². The molecule has 1 heterocycles. The number of piperazine rings is 1. The van der Waals surface area contributed by atoms with Gasteiger partial charge in [-0.2, -0.15) is 0 Å². The number of carbonyl (C=O) groups is 3. The zero-order valence-electron chi connectivity index (χ0n) is 11.4. The van der Waals surface area contributed by atoms with Crippen LogP contribution < -0.4 is 5.32 Å². The standard InChI is InChI=1S/C12H21N3O4/c1-3-13-10(16)8-14-4-6-15(7-5-14)11(17)9(2)12(18)19/h9H,3-8H2,1-2H3,(H,13,16)(H,18,19). The minimum Gasteiger partial charge on any atom is -0.481 e. The number of nitrogens with zero attached hydrogens (tertiary/aromatic N) is 2. The van der Waals surface area contributed by atoms with Crippen LogP contribution in [-0.2, 0) is 14.4 Å². The predicted octanol–water partition coefficient (Wildman–Crippen LogP) is -1.01. The van der Waals surface area contributed by atoms with Crippen molar-refractivity contribution in [3.63, 3.8) is 0 Å². The Morgan fingerprint density at radius 2 is 1.79 bits per heavy atom. The Bertz CT molecular complexity index is 351. The average molecular weight is 271 g/mol. The number of aliphatic carboxylic acids is 1. The molecule has 108 valence electrons. The van der Waals surface area contributed by atoms with Crippen molar-refractivity contribution in [3.05, 3.63) is 0 Å². The Morgan fingerprint density at radius 3 is 2.26 bits per heavy atom. The van der Waals surface area contributed by atoms with Gasteiger partial charge in [0.25, 0.3) is 0 Å². The first-order valence-corrected chi connectivity index (χ1v) is 6.46. The van der Waals surface area contributed by atoms with E-state index in [1.807, 2.05) is 11.8 Å². The van der Waals surface area contributed by atoms with E-state index in [0.717, 1.165) is 0 Å². The number of hydrogen-bond donors (Lipinski definition) is 2. The van der Waals surface area contributed by atoms with Gasteiger partial charge in [-0.05, 0) is 13.8 Å². The summed E-state index contributed by atoms with van der Waals surface area (Å²) in [6.07, 6.45) is 0. The van der Waals surface area contributed by atoms with Crippen LogP contribution in [0.1, 0.15) is 13.8 Å². The van der Waals surface area contributed by atoms with E-state index in [-0.39, 0.29) is 11.8 Å². The molecule has 1 rings (SSSR count). The maximum atomic E-state index is 11.8. The van der Waals surface area contributed by atoms with Crippen molar-refractivity contribution < 1.29 is 19.5 Å². The number of likely N-dealkylation sites (N-methyl/N-ethyl adjacent to an activating group) is 1. The molecule has 7 heteroatoms. The van der Waals surface area contributed by atoms with E-state index >= 15 is 0 Å². The molecule has 0 aromatic carbocycles. The van der Waals surface area contributed by atoms with Crippen LogP contribution in [0.2, 0.25) is 0 Å². The molecule has 1 aliphatic rings. The van der Waals surface area contributed by atoms with Crippen LogP contribution in [0.5, 0.6) is 0 Å². The SMILES string of the molecule is CCNC(=O)CN1CCN(C(=O)C(C)C(=O)O)CC1. The molecule has 0 aliphatic carbocycles. The minimum atomic E-state index is -1.10. The molecule has 7 nitrogen and oxygen atoms in total. The van der Waals surface area contributed by atoms with Crippen LogP contribution in [-0.4, -0.2) is 72.0 Å². The number of nitrogens with one attached hydrogen (secondary N) is 1. The molecular formula is C12H21N3O4. The summed E-state index contributed by atoms with van der Waals surface area (Å²) < 4.78 is 0. The van der Waals surface area contributed by atoms with Crippen LogP contribution in [0.15, 0.2) is 0 Å². The highest BCUT2D eigenvalue weighted by Gasteiger charge is 2.29. The van der Waals surface area contributed by atoms with Gasteiger partial charge in [0.15, 0.2) is 0 Å². The molecule has 1 saturated heterocycles. The lowest BCUT2D eigenvalue weighted by Crippen LogP contribution is -2.52. The van der Waals surface area contributed by atoms with Gasteiger partial charge in [-0.3, -0.25) is 19.3 Å². The molecule has 0 radical (unpaired) electrons. The smallest absolute Gasteiger partial charge is 0.315 e. The number of carbonyl (C=O) groups excluding carboxylic acids is 2. The fourth-order valence-electron chi connectivity index (χ4n) is 1.96. The van der Waals surface area contributed by atoms with Gasteiger partial charge in [0.1, 0.15) is 5.92 Å². The molecule has 1 fully saturated rings. The summed E-state index contributed by atoms with van der Waals surface area (Å²) in [6.45, 7) is 6.31. The minimum absolute atomic E-state index is 0.0267. The Morgan fingerprint density at radius 1 is 1.21 bits per heavy atom. The van der Waals surface area contributed by atoms with Gasteiger partial charge >= 0.3 is 5.97 Å². The molecule has 2 amide bonds. The van der Waals surface area contributed by atoms with Crippen molar-refractivity contribution in [1.82, 2.24) is 15.1 Å². The Labute approximate surface area is 112 Å². The second-order valence-electron chi connectivity index (χ2n) is 4.61. The second-order valence-corrected chi connectivity index (χ2v) is 4.61. The molecule has 19 heavy (non-hydrogen) atoms. The lowest BCUT2D eigenvalue weighted by atomic mass is 10.1. The highest BCUT2D eigenvalue weighted by molar-refractivity contribution is 5.96.